The molecule has 7 nitrogen and oxygen atoms in total. The molecule has 1 atom stereocenters. The van der Waals surface area contributed by atoms with Crippen molar-refractivity contribution in [3.05, 3.63) is 11.9 Å². The van der Waals surface area contributed by atoms with Crippen LogP contribution in [0.25, 0.3) is 0 Å². The van der Waals surface area contributed by atoms with Crippen LogP contribution in [0.4, 0.5) is 11.6 Å². The highest BCUT2D eigenvalue weighted by Gasteiger charge is 2.28. The highest BCUT2D eigenvalue weighted by Crippen LogP contribution is 2.25. The molecule has 1 aromatic rings. The summed E-state index contributed by atoms with van der Waals surface area (Å²) < 4.78 is 5.11. The maximum absolute atomic E-state index is 11.7. The molecule has 1 aromatic heterocycles. The van der Waals surface area contributed by atoms with Crippen LogP contribution in [0.1, 0.15) is 32.0 Å². The third kappa shape index (κ3) is 3.81. The van der Waals surface area contributed by atoms with Crippen molar-refractivity contribution < 1.29 is 9.53 Å². The maximum atomic E-state index is 11.7. The van der Waals surface area contributed by atoms with Crippen molar-refractivity contribution in [1.82, 2.24) is 9.97 Å². The minimum absolute atomic E-state index is 0.293. The van der Waals surface area contributed by atoms with E-state index < -0.39 is 0 Å². The molecule has 1 fully saturated rings. The third-order valence-electron chi connectivity index (χ3n) is 3.52. The van der Waals surface area contributed by atoms with Crippen molar-refractivity contribution in [2.75, 3.05) is 30.4 Å². The van der Waals surface area contributed by atoms with Crippen molar-refractivity contribution >= 4 is 17.5 Å². The Morgan fingerprint density at radius 2 is 2.33 bits per heavy atom. The number of primary amides is 1. The van der Waals surface area contributed by atoms with Gasteiger partial charge in [0.2, 0.25) is 5.91 Å². The summed E-state index contributed by atoms with van der Waals surface area (Å²) in [5.41, 5.74) is 5.52. The van der Waals surface area contributed by atoms with E-state index in [0.717, 1.165) is 44.0 Å². The SMILES string of the molecule is CCNc1cc(N2CCCCC2C(N)=O)nc(COC)n1. The molecule has 1 saturated heterocycles. The maximum Gasteiger partial charge on any atom is 0.240 e. The molecule has 1 unspecified atom stereocenters. The molecule has 0 spiro atoms. The number of nitrogens with zero attached hydrogens (tertiary/aromatic N) is 3. The van der Waals surface area contributed by atoms with Gasteiger partial charge in [0.1, 0.15) is 24.3 Å². The summed E-state index contributed by atoms with van der Waals surface area (Å²) in [7, 11) is 1.61. The summed E-state index contributed by atoms with van der Waals surface area (Å²) in [6.07, 6.45) is 2.82. The number of piperidine rings is 1. The number of hydrogen-bond acceptors (Lipinski definition) is 6. The summed E-state index contributed by atoms with van der Waals surface area (Å²) in [5.74, 6) is 1.77. The molecule has 0 bridgehead atoms. The second kappa shape index (κ2) is 7.21. The third-order valence-corrected chi connectivity index (χ3v) is 3.52. The summed E-state index contributed by atoms with van der Waals surface area (Å²) in [5, 5.41) is 3.18. The fraction of sp³-hybridized carbons (Fsp3) is 0.643. The fourth-order valence-corrected chi connectivity index (χ4v) is 2.60. The molecule has 3 N–H and O–H groups in total. The zero-order valence-corrected chi connectivity index (χ0v) is 12.6. The van der Waals surface area contributed by atoms with E-state index in [4.69, 9.17) is 10.5 Å². The molecule has 2 heterocycles. The van der Waals surface area contributed by atoms with Gasteiger partial charge in [-0.05, 0) is 26.2 Å². The molecular formula is C14H23N5O2. The molecule has 116 valence electrons. The van der Waals surface area contributed by atoms with Gasteiger partial charge >= 0.3 is 0 Å². The van der Waals surface area contributed by atoms with Crippen LogP contribution in [0, 0.1) is 0 Å². The zero-order chi connectivity index (χ0) is 15.2. The molecule has 2 rings (SSSR count). The van der Waals surface area contributed by atoms with Crippen molar-refractivity contribution in [3.8, 4) is 0 Å². The van der Waals surface area contributed by atoms with Crippen LogP contribution in [0.5, 0.6) is 0 Å². The number of ether oxygens (including phenoxy) is 1. The Morgan fingerprint density at radius 3 is 3.00 bits per heavy atom. The van der Waals surface area contributed by atoms with E-state index in [9.17, 15) is 4.79 Å². The van der Waals surface area contributed by atoms with Crippen LogP contribution in [-0.2, 0) is 16.1 Å². The first-order chi connectivity index (χ1) is 10.2. The standard InChI is InChI=1S/C14H23N5O2/c1-3-16-11-8-13(18-12(17-11)9-21-2)19-7-5-4-6-10(19)14(15)20/h8,10H,3-7,9H2,1-2H3,(H2,15,20)(H,16,17,18). The largest absolute Gasteiger partial charge is 0.377 e. The number of aromatic nitrogens is 2. The lowest BCUT2D eigenvalue weighted by atomic mass is 10.0. The van der Waals surface area contributed by atoms with Gasteiger partial charge in [-0.1, -0.05) is 0 Å². The second-order valence-electron chi connectivity index (χ2n) is 5.10. The van der Waals surface area contributed by atoms with Gasteiger partial charge in [-0.2, -0.15) is 0 Å². The smallest absolute Gasteiger partial charge is 0.240 e. The van der Waals surface area contributed by atoms with Crippen molar-refractivity contribution in [3.63, 3.8) is 0 Å². The predicted molar refractivity (Wildman–Crippen MR) is 81.1 cm³/mol. The number of anilines is 2. The monoisotopic (exact) mass is 293 g/mol. The molecule has 0 aromatic carbocycles. The zero-order valence-electron chi connectivity index (χ0n) is 12.6. The van der Waals surface area contributed by atoms with Gasteiger partial charge in [0.25, 0.3) is 0 Å². The minimum atomic E-state index is -0.299. The van der Waals surface area contributed by atoms with Gasteiger partial charge in [-0.15, -0.1) is 0 Å². The van der Waals surface area contributed by atoms with E-state index in [0.29, 0.717) is 12.4 Å². The van der Waals surface area contributed by atoms with Gasteiger partial charge in [0, 0.05) is 26.3 Å². The van der Waals surface area contributed by atoms with Crippen molar-refractivity contribution in [1.29, 1.82) is 0 Å². The number of rotatable bonds is 6. The number of hydrogen-bond donors (Lipinski definition) is 2. The fourth-order valence-electron chi connectivity index (χ4n) is 2.60. The van der Waals surface area contributed by atoms with Crippen LogP contribution in [-0.4, -0.2) is 42.1 Å². The molecule has 1 amide bonds. The lowest BCUT2D eigenvalue weighted by molar-refractivity contribution is -0.119. The highest BCUT2D eigenvalue weighted by molar-refractivity contribution is 5.83. The first-order valence-electron chi connectivity index (χ1n) is 7.32. The Balaban J connectivity index is 2.32. The summed E-state index contributed by atoms with van der Waals surface area (Å²) >= 11 is 0. The lowest BCUT2D eigenvalue weighted by Crippen LogP contribution is -2.48. The number of nitrogens with two attached hydrogens (primary N) is 1. The normalized spacial score (nSPS) is 18.6. The molecule has 7 heteroatoms. The van der Waals surface area contributed by atoms with Gasteiger partial charge < -0.3 is 20.7 Å². The number of carbonyl (C=O) groups excluding carboxylic acids is 1. The van der Waals surface area contributed by atoms with Crippen molar-refractivity contribution in [2.24, 2.45) is 5.73 Å². The predicted octanol–water partition coefficient (Wildman–Crippen LogP) is 0.899. The van der Waals surface area contributed by atoms with Gasteiger partial charge in [-0.3, -0.25) is 4.79 Å². The van der Waals surface area contributed by atoms with Crippen molar-refractivity contribution in [2.45, 2.75) is 38.8 Å². The topological polar surface area (TPSA) is 93.4 Å². The Labute approximate surface area is 124 Å². The van der Waals surface area contributed by atoms with E-state index in [1.165, 1.54) is 0 Å². The number of amides is 1. The van der Waals surface area contributed by atoms with Crippen LogP contribution in [0.3, 0.4) is 0 Å². The molecule has 1 aliphatic rings. The van der Waals surface area contributed by atoms with E-state index >= 15 is 0 Å². The van der Waals surface area contributed by atoms with Gasteiger partial charge in [0.15, 0.2) is 5.82 Å². The molecule has 21 heavy (non-hydrogen) atoms. The lowest BCUT2D eigenvalue weighted by Gasteiger charge is -2.34. The molecule has 1 aliphatic heterocycles. The average Bonchev–Trinajstić information content (AvgIpc) is 2.47. The van der Waals surface area contributed by atoms with E-state index in [1.54, 1.807) is 7.11 Å². The summed E-state index contributed by atoms with van der Waals surface area (Å²) in [6, 6.07) is 1.57. The van der Waals surface area contributed by atoms with Crippen LogP contribution in [0.2, 0.25) is 0 Å². The second-order valence-corrected chi connectivity index (χ2v) is 5.10. The van der Waals surface area contributed by atoms with Crippen LogP contribution >= 0.6 is 0 Å². The first kappa shape index (κ1) is 15.5. The van der Waals surface area contributed by atoms with E-state index in [2.05, 4.69) is 15.3 Å². The van der Waals surface area contributed by atoms with Crippen LogP contribution in [0.15, 0.2) is 6.07 Å². The Morgan fingerprint density at radius 1 is 1.52 bits per heavy atom. The number of nitrogens with one attached hydrogen (secondary N) is 1. The van der Waals surface area contributed by atoms with E-state index in [-0.39, 0.29) is 11.9 Å². The Bertz CT molecular complexity index is 470. The molecule has 0 aliphatic carbocycles. The Kier molecular flexibility index (Phi) is 5.32. The summed E-state index contributed by atoms with van der Waals surface area (Å²) in [6.45, 7) is 3.89. The van der Waals surface area contributed by atoms with E-state index in [1.807, 2.05) is 17.9 Å². The quantitative estimate of drug-likeness (QED) is 0.809. The molecule has 0 radical (unpaired) electrons. The molecular weight excluding hydrogens is 270 g/mol. The first-order valence-corrected chi connectivity index (χ1v) is 7.32. The molecule has 0 saturated carbocycles. The van der Waals surface area contributed by atoms with Crippen LogP contribution < -0.4 is 16.0 Å². The van der Waals surface area contributed by atoms with Gasteiger partial charge in [0.05, 0.1) is 0 Å². The average molecular weight is 293 g/mol. The summed E-state index contributed by atoms with van der Waals surface area (Å²) in [4.78, 5) is 22.5. The minimum Gasteiger partial charge on any atom is -0.377 e. The highest BCUT2D eigenvalue weighted by atomic mass is 16.5. The number of carbonyl (C=O) groups is 1. The number of methoxy groups -OCH3 is 1. The Hall–Kier alpha value is -1.89. The van der Waals surface area contributed by atoms with Gasteiger partial charge in [-0.25, -0.2) is 9.97 Å².